The molecule has 0 atom stereocenters. The average Bonchev–Trinajstić information content (AvgIpc) is 3.43. The van der Waals surface area contributed by atoms with Gasteiger partial charge in [0.2, 0.25) is 9.84 Å². The molecule has 0 aliphatic rings. The summed E-state index contributed by atoms with van der Waals surface area (Å²) < 4.78 is 38.8. The van der Waals surface area contributed by atoms with E-state index in [0.29, 0.717) is 21.7 Å². The largest absolute Gasteiger partial charge is 0.384 e. The number of sulfone groups is 1. The number of rotatable bonds is 7. The monoisotopic (exact) mass is 519 g/mol. The van der Waals surface area contributed by atoms with E-state index in [2.05, 4.69) is 10.0 Å². The molecule has 2 aromatic heterocycles. The third kappa shape index (κ3) is 4.37. The lowest BCUT2D eigenvalue weighted by molar-refractivity contribution is -0.00633. The van der Waals surface area contributed by atoms with Crippen molar-refractivity contribution in [2.45, 2.75) is 24.3 Å². The van der Waals surface area contributed by atoms with E-state index in [4.69, 9.17) is 17.0 Å². The number of hydrogen-bond donors (Lipinski definition) is 2. The molecule has 0 fully saturated rings. The molecule has 2 aromatic carbocycles. The second-order valence-electron chi connectivity index (χ2n) is 7.88. The van der Waals surface area contributed by atoms with Crippen LogP contribution in [0.2, 0.25) is 5.02 Å². The maximum absolute atomic E-state index is 13.2. The number of benzene rings is 2. The maximum Gasteiger partial charge on any atom is 0.216 e. The summed E-state index contributed by atoms with van der Waals surface area (Å²) in [4.78, 5) is 5.41. The summed E-state index contributed by atoms with van der Waals surface area (Å²) in [5, 5.41) is 22.4. The minimum absolute atomic E-state index is 0.0105. The molecule has 0 bridgehead atoms. The van der Waals surface area contributed by atoms with E-state index in [9.17, 15) is 18.1 Å². The van der Waals surface area contributed by atoms with Crippen molar-refractivity contribution in [2.75, 3.05) is 0 Å². The number of thiophene rings is 1. The lowest BCUT2D eigenvalue weighted by Gasteiger charge is -2.14. The van der Waals surface area contributed by atoms with Crippen LogP contribution >= 0.6 is 22.9 Å². The molecule has 0 radical (unpaired) electrons. The zero-order valence-corrected chi connectivity index (χ0v) is 20.4. The molecule has 34 heavy (non-hydrogen) atoms. The quantitative estimate of drug-likeness (QED) is 0.237. The smallest absolute Gasteiger partial charge is 0.216 e. The highest BCUT2D eigenvalue weighted by atomic mass is 35.5. The highest BCUT2D eigenvalue weighted by molar-refractivity contribution is 8.04. The Morgan fingerprint density at radius 1 is 1.15 bits per heavy atom. The van der Waals surface area contributed by atoms with E-state index < -0.39 is 15.4 Å². The summed E-state index contributed by atoms with van der Waals surface area (Å²) >= 11 is 7.99. The second-order valence-corrected chi connectivity index (χ2v) is 11.1. The minimum atomic E-state index is -3.81. The Bertz CT molecular complexity index is 1490. The summed E-state index contributed by atoms with van der Waals surface area (Å²) in [5.74, 6) is -0.0773. The first-order chi connectivity index (χ1) is 16.1. The van der Waals surface area contributed by atoms with Crippen LogP contribution in [-0.2, 0) is 15.4 Å². The summed E-state index contributed by atoms with van der Waals surface area (Å²) in [5.41, 5.74) is 0.572. The Hall–Kier alpha value is -3.05. The van der Waals surface area contributed by atoms with Crippen LogP contribution in [0.3, 0.4) is 0 Å². The fourth-order valence-corrected chi connectivity index (χ4v) is 5.63. The standard InChI is InChI=1S/C23H19ClFN3O4S2/c1-23(2,29)22-20(24)21(28(27-22)16-8-3-4-9-17(16)32-25)19-11-10-18(33-19)14-6-5-7-15(12-14)34(30,31)13-26/h3-13,26,29H,1-2H3. The van der Waals surface area contributed by atoms with Crippen LogP contribution in [0.4, 0.5) is 4.53 Å². The molecule has 11 heteroatoms. The van der Waals surface area contributed by atoms with Crippen molar-refractivity contribution in [3.05, 3.63) is 71.4 Å². The number of halogens is 2. The van der Waals surface area contributed by atoms with E-state index in [1.54, 1.807) is 56.3 Å². The molecular weight excluding hydrogens is 501 g/mol. The minimum Gasteiger partial charge on any atom is -0.384 e. The van der Waals surface area contributed by atoms with E-state index in [-0.39, 0.29) is 27.0 Å². The van der Waals surface area contributed by atoms with E-state index in [1.165, 1.54) is 34.2 Å². The Morgan fingerprint density at radius 3 is 2.53 bits per heavy atom. The van der Waals surface area contributed by atoms with Gasteiger partial charge < -0.3 is 5.11 Å². The van der Waals surface area contributed by atoms with Crippen LogP contribution in [0.1, 0.15) is 19.5 Å². The molecule has 4 rings (SSSR count). The Balaban J connectivity index is 1.90. The van der Waals surface area contributed by atoms with Crippen molar-refractivity contribution in [1.29, 1.82) is 5.41 Å². The predicted octanol–water partition coefficient (Wildman–Crippen LogP) is 5.79. The first-order valence-corrected chi connectivity index (χ1v) is 12.7. The van der Waals surface area contributed by atoms with E-state index in [0.717, 1.165) is 4.88 Å². The highest BCUT2D eigenvalue weighted by Gasteiger charge is 2.30. The third-order valence-corrected chi connectivity index (χ3v) is 7.75. The van der Waals surface area contributed by atoms with Crippen LogP contribution in [0, 0.1) is 5.41 Å². The fourth-order valence-electron chi connectivity index (χ4n) is 3.39. The van der Waals surface area contributed by atoms with Crippen molar-refractivity contribution in [3.8, 4) is 32.4 Å². The molecule has 0 unspecified atom stereocenters. The molecular formula is C23H19ClFN3O4S2. The second kappa shape index (κ2) is 8.95. The Kier molecular flexibility index (Phi) is 6.34. The lowest BCUT2D eigenvalue weighted by atomic mass is 10.1. The van der Waals surface area contributed by atoms with Gasteiger partial charge in [-0.25, -0.2) is 13.1 Å². The Morgan fingerprint density at radius 2 is 1.85 bits per heavy atom. The third-order valence-electron chi connectivity index (χ3n) is 5.03. The maximum atomic E-state index is 13.2. The summed E-state index contributed by atoms with van der Waals surface area (Å²) in [6, 6.07) is 16.2. The van der Waals surface area contributed by atoms with Gasteiger partial charge >= 0.3 is 0 Å². The molecule has 2 heterocycles. The fraction of sp³-hybridized carbons (Fsp3) is 0.130. The zero-order valence-electron chi connectivity index (χ0n) is 18.0. The molecule has 0 saturated heterocycles. The van der Waals surface area contributed by atoms with Gasteiger partial charge in [0.05, 0.1) is 14.8 Å². The number of para-hydroxylation sites is 2. The molecule has 0 saturated carbocycles. The van der Waals surface area contributed by atoms with Gasteiger partial charge in [0, 0.05) is 9.40 Å². The topological polar surface area (TPSA) is 105 Å². The van der Waals surface area contributed by atoms with Gasteiger partial charge in [-0.05, 0) is 55.8 Å². The van der Waals surface area contributed by atoms with Gasteiger partial charge in [0.25, 0.3) is 0 Å². The lowest BCUT2D eigenvalue weighted by Crippen LogP contribution is -2.17. The van der Waals surface area contributed by atoms with Gasteiger partial charge in [0.1, 0.15) is 28.2 Å². The van der Waals surface area contributed by atoms with Crippen LogP contribution in [0.5, 0.6) is 5.75 Å². The molecule has 0 aliphatic carbocycles. The summed E-state index contributed by atoms with van der Waals surface area (Å²) in [6.45, 7) is 3.09. The number of nitrogens with one attached hydrogen (secondary N) is 1. The molecule has 0 spiro atoms. The van der Waals surface area contributed by atoms with Gasteiger partial charge in [-0.1, -0.05) is 35.9 Å². The van der Waals surface area contributed by atoms with Crippen molar-refractivity contribution < 1.29 is 23.0 Å². The van der Waals surface area contributed by atoms with Gasteiger partial charge in [0.15, 0.2) is 5.75 Å². The van der Waals surface area contributed by atoms with Crippen molar-refractivity contribution in [3.63, 3.8) is 0 Å². The van der Waals surface area contributed by atoms with Crippen LogP contribution in [-0.4, -0.2) is 28.9 Å². The van der Waals surface area contributed by atoms with Crippen LogP contribution in [0.15, 0.2) is 65.6 Å². The zero-order chi connectivity index (χ0) is 24.7. The van der Waals surface area contributed by atoms with Crippen LogP contribution < -0.4 is 4.94 Å². The van der Waals surface area contributed by atoms with Crippen LogP contribution in [0.25, 0.3) is 26.7 Å². The number of aromatic nitrogens is 2. The first kappa shape index (κ1) is 24.1. The van der Waals surface area contributed by atoms with E-state index >= 15 is 0 Å². The average molecular weight is 520 g/mol. The molecule has 7 nitrogen and oxygen atoms in total. The molecule has 4 aromatic rings. The number of hydrogen-bond acceptors (Lipinski definition) is 7. The Labute approximate surface area is 204 Å². The molecule has 176 valence electrons. The first-order valence-electron chi connectivity index (χ1n) is 9.92. The van der Waals surface area contributed by atoms with E-state index in [1.807, 2.05) is 0 Å². The SMILES string of the molecule is CC(C)(O)c1nn(-c2ccccc2OF)c(-c2ccc(-c3cccc(S(=O)(=O)C=N)c3)s2)c1Cl. The molecule has 0 aliphatic heterocycles. The molecule has 0 amide bonds. The van der Waals surface area contributed by atoms with Crippen molar-refractivity contribution >= 4 is 38.3 Å². The van der Waals surface area contributed by atoms with Gasteiger partial charge in [-0.2, -0.15) is 5.10 Å². The summed E-state index contributed by atoms with van der Waals surface area (Å²) in [7, 11) is -3.81. The highest BCUT2D eigenvalue weighted by Crippen LogP contribution is 2.43. The molecule has 2 N–H and O–H groups in total. The van der Waals surface area contributed by atoms with Crippen molar-refractivity contribution in [2.24, 2.45) is 0 Å². The van der Waals surface area contributed by atoms with Crippen molar-refractivity contribution in [1.82, 2.24) is 9.78 Å². The normalized spacial score (nSPS) is 12.0. The van der Waals surface area contributed by atoms with Gasteiger partial charge in [-0.3, -0.25) is 10.4 Å². The van der Waals surface area contributed by atoms with Gasteiger partial charge in [-0.15, -0.1) is 11.3 Å². The number of nitrogens with zero attached hydrogens (tertiary/aromatic N) is 2. The number of aliphatic hydroxyl groups is 1. The summed E-state index contributed by atoms with van der Waals surface area (Å²) in [6.07, 6.45) is 0. The predicted molar refractivity (Wildman–Crippen MR) is 130 cm³/mol.